The molecule has 0 N–H and O–H groups in total. The van der Waals surface area contributed by atoms with Gasteiger partial charge in [0.1, 0.15) is 5.75 Å². The molecule has 0 amide bonds. The van der Waals surface area contributed by atoms with Gasteiger partial charge in [-0.2, -0.15) is 0 Å². The first-order valence-electron chi connectivity index (χ1n) is 11.7. The average Bonchev–Trinajstić information content (AvgIpc) is 2.68. The van der Waals surface area contributed by atoms with Crippen LogP contribution < -0.4 is 9.92 Å². The van der Waals surface area contributed by atoms with Crippen molar-refractivity contribution in [1.29, 1.82) is 0 Å². The molecule has 0 saturated heterocycles. The third-order valence-electron chi connectivity index (χ3n) is 4.68. The van der Waals surface area contributed by atoms with Gasteiger partial charge >= 0.3 is 14.5 Å². The zero-order valence-corrected chi connectivity index (χ0v) is 26.1. The highest BCUT2D eigenvalue weighted by atomic mass is 28.5. The Morgan fingerprint density at radius 1 is 0.882 bits per heavy atom. The van der Waals surface area contributed by atoms with E-state index in [1.54, 1.807) is 7.11 Å². The monoisotopic (exact) mass is 528 g/mol. The van der Waals surface area contributed by atoms with Crippen molar-refractivity contribution in [1.82, 2.24) is 0 Å². The van der Waals surface area contributed by atoms with Gasteiger partial charge in [-0.25, -0.2) is 4.79 Å². The normalized spacial score (nSPS) is 13.4. The summed E-state index contributed by atoms with van der Waals surface area (Å²) in [4.78, 5) is 12.8. The van der Waals surface area contributed by atoms with Crippen LogP contribution in [0.1, 0.15) is 25.8 Å². The zero-order valence-electron chi connectivity index (χ0n) is 23.1. The number of hydrogen-bond acceptors (Lipinski definition) is 7. The summed E-state index contributed by atoms with van der Waals surface area (Å²) >= 11 is 0. The maximum Gasteiger partial charge on any atom is 0.377 e. The molecule has 34 heavy (non-hydrogen) atoms. The van der Waals surface area contributed by atoms with Gasteiger partial charge in [0.2, 0.25) is 5.76 Å². The van der Waals surface area contributed by atoms with Crippen molar-refractivity contribution in [2.45, 2.75) is 66.1 Å². The summed E-state index contributed by atoms with van der Waals surface area (Å²) < 4.78 is 35.9. The van der Waals surface area contributed by atoms with Crippen LogP contribution in [-0.2, 0) is 27.2 Å². The summed E-state index contributed by atoms with van der Waals surface area (Å²) in [6.45, 7) is 19.4. The number of ether oxygens (including phenoxy) is 4. The molecule has 1 rings (SSSR count). The Kier molecular flexibility index (Phi) is 11.1. The van der Waals surface area contributed by atoms with Crippen molar-refractivity contribution in [3.63, 3.8) is 0 Å². The van der Waals surface area contributed by atoms with Crippen molar-refractivity contribution < 1.29 is 32.0 Å². The number of para-hydroxylation sites is 1. The van der Waals surface area contributed by atoms with E-state index >= 15 is 0 Å². The molecular weight excluding hydrogens is 485 g/mol. The number of carbonyl (C=O) groups excluding carboxylic acids is 1. The predicted molar refractivity (Wildman–Crippen MR) is 144 cm³/mol. The number of methoxy groups -OCH3 is 3. The fraction of sp³-hybridized carbons (Fsp3) is 0.625. The van der Waals surface area contributed by atoms with Gasteiger partial charge in [-0.05, 0) is 64.2 Å². The van der Waals surface area contributed by atoms with Gasteiger partial charge in [-0.15, -0.1) is 0 Å². The molecule has 0 unspecified atom stereocenters. The van der Waals surface area contributed by atoms with Crippen LogP contribution in [0.3, 0.4) is 0 Å². The van der Waals surface area contributed by atoms with Crippen molar-refractivity contribution in [3.8, 4) is 5.75 Å². The minimum absolute atomic E-state index is 0.0118. The molecule has 0 atom stereocenters. The van der Waals surface area contributed by atoms with Crippen LogP contribution in [0.4, 0.5) is 0 Å². The lowest BCUT2D eigenvalue weighted by molar-refractivity contribution is -0.143. The smallest absolute Gasteiger partial charge is 0.377 e. The van der Waals surface area contributed by atoms with Gasteiger partial charge in [0.15, 0.2) is 22.4 Å². The van der Waals surface area contributed by atoms with Gasteiger partial charge in [0, 0.05) is 5.19 Å². The standard InChI is InChI=1S/C24H44O7Si3/c1-18(2)16-17-29-24(25)23(28-5)22(27-4)19-14-13-15-20(21(19)26-3)34(12,30-32(6,7)8)31-33(9,10)11/h13-15,18H,16-17H2,1-12H3. The zero-order chi connectivity index (χ0) is 26.3. The molecule has 0 heterocycles. The summed E-state index contributed by atoms with van der Waals surface area (Å²) in [5.74, 6) is 0.621. The molecule has 0 spiro atoms. The Morgan fingerprint density at radius 2 is 1.44 bits per heavy atom. The lowest BCUT2D eigenvalue weighted by Crippen LogP contribution is -2.60. The number of hydrogen-bond donors (Lipinski definition) is 0. The van der Waals surface area contributed by atoms with Gasteiger partial charge in [-0.3, -0.25) is 0 Å². The predicted octanol–water partition coefficient (Wildman–Crippen LogP) is 5.23. The van der Waals surface area contributed by atoms with E-state index in [0.717, 1.165) is 11.6 Å². The molecule has 0 saturated carbocycles. The summed E-state index contributed by atoms with van der Waals surface area (Å²) in [6, 6.07) is 5.71. The maximum absolute atomic E-state index is 12.8. The van der Waals surface area contributed by atoms with Gasteiger partial charge in [0.05, 0.1) is 33.5 Å². The van der Waals surface area contributed by atoms with E-state index < -0.39 is 31.2 Å². The number of rotatable bonds is 13. The Labute approximate surface area is 209 Å². The molecule has 194 valence electrons. The van der Waals surface area contributed by atoms with Crippen LogP contribution in [0.25, 0.3) is 5.76 Å². The molecular formula is C24H44O7Si3. The topological polar surface area (TPSA) is 72.5 Å². The summed E-state index contributed by atoms with van der Waals surface area (Å²) in [5, 5.41) is 0.857. The second-order valence-corrected chi connectivity index (χ2v) is 23.2. The van der Waals surface area contributed by atoms with Crippen LogP contribution in [0.2, 0.25) is 45.8 Å². The second kappa shape index (κ2) is 12.4. The fourth-order valence-electron chi connectivity index (χ4n) is 3.64. The van der Waals surface area contributed by atoms with E-state index in [1.807, 2.05) is 18.2 Å². The molecule has 10 heteroatoms. The van der Waals surface area contributed by atoms with Crippen LogP contribution in [0.5, 0.6) is 5.75 Å². The quantitative estimate of drug-likeness (QED) is 0.150. The number of carbonyl (C=O) groups is 1. The summed E-state index contributed by atoms with van der Waals surface area (Å²) in [7, 11) is -2.32. The molecule has 0 aliphatic rings. The molecule has 0 aliphatic heterocycles. The van der Waals surface area contributed by atoms with Crippen molar-refractivity contribution in [2.75, 3.05) is 27.9 Å². The third kappa shape index (κ3) is 8.88. The average molecular weight is 529 g/mol. The molecule has 0 bridgehead atoms. The lowest BCUT2D eigenvalue weighted by atomic mass is 10.1. The Morgan fingerprint density at radius 3 is 1.85 bits per heavy atom. The molecule has 0 radical (unpaired) electrons. The SMILES string of the molecule is COC(C(=O)OCCC(C)C)=C(OC)c1cccc([Si](C)(O[Si](C)(C)C)O[Si](C)(C)C)c1OC. The first-order chi connectivity index (χ1) is 15.6. The Hall–Kier alpha value is -1.60. The van der Waals surface area contributed by atoms with E-state index in [-0.39, 0.29) is 11.5 Å². The number of benzene rings is 1. The number of esters is 1. The van der Waals surface area contributed by atoms with E-state index in [2.05, 4.69) is 59.7 Å². The highest BCUT2D eigenvalue weighted by Gasteiger charge is 2.45. The van der Waals surface area contributed by atoms with Crippen LogP contribution in [-0.4, -0.2) is 59.1 Å². The van der Waals surface area contributed by atoms with E-state index in [0.29, 0.717) is 23.8 Å². The first kappa shape index (κ1) is 30.4. The van der Waals surface area contributed by atoms with E-state index in [4.69, 9.17) is 27.2 Å². The Balaban J connectivity index is 3.69. The van der Waals surface area contributed by atoms with Crippen molar-refractivity contribution >= 4 is 42.1 Å². The molecule has 0 aliphatic carbocycles. The molecule has 1 aromatic rings. The van der Waals surface area contributed by atoms with Crippen LogP contribution >= 0.6 is 0 Å². The first-order valence-corrected chi connectivity index (χ1v) is 20.8. The highest BCUT2D eigenvalue weighted by Crippen LogP contribution is 2.32. The molecule has 1 aromatic carbocycles. The van der Waals surface area contributed by atoms with Gasteiger partial charge in [0.25, 0.3) is 0 Å². The molecule has 0 fully saturated rings. The minimum Gasteiger partial charge on any atom is -0.496 e. The second-order valence-electron chi connectivity index (χ2n) is 10.6. The van der Waals surface area contributed by atoms with Gasteiger partial charge < -0.3 is 27.2 Å². The largest absolute Gasteiger partial charge is 0.496 e. The fourth-order valence-corrected chi connectivity index (χ4v) is 15.5. The Bertz CT molecular complexity index is 839. The summed E-state index contributed by atoms with van der Waals surface area (Å²) in [6.07, 6.45) is 0.760. The van der Waals surface area contributed by atoms with Crippen LogP contribution in [0.15, 0.2) is 24.0 Å². The minimum atomic E-state index is -2.89. The van der Waals surface area contributed by atoms with E-state index in [9.17, 15) is 4.79 Å². The van der Waals surface area contributed by atoms with Gasteiger partial charge in [-0.1, -0.05) is 26.0 Å². The van der Waals surface area contributed by atoms with Crippen molar-refractivity contribution in [3.05, 3.63) is 29.5 Å². The highest BCUT2D eigenvalue weighted by molar-refractivity contribution is 6.94. The third-order valence-corrected chi connectivity index (χ3v) is 14.1. The summed E-state index contributed by atoms with van der Waals surface area (Å²) in [5.41, 5.74) is 0.581. The van der Waals surface area contributed by atoms with Crippen molar-refractivity contribution in [2.24, 2.45) is 5.92 Å². The maximum atomic E-state index is 12.8. The van der Waals surface area contributed by atoms with E-state index in [1.165, 1.54) is 14.2 Å². The lowest BCUT2D eigenvalue weighted by Gasteiger charge is -2.39. The van der Waals surface area contributed by atoms with Crippen LogP contribution in [0, 0.1) is 5.92 Å². The molecule has 0 aromatic heterocycles. The molecule has 7 nitrogen and oxygen atoms in total.